The van der Waals surface area contributed by atoms with Crippen LogP contribution in [-0.4, -0.2) is 15.2 Å². The van der Waals surface area contributed by atoms with Crippen LogP contribution in [0.1, 0.15) is 18.3 Å². The number of hydrogen-bond acceptors (Lipinski definition) is 4. The van der Waals surface area contributed by atoms with E-state index in [1.807, 2.05) is 25.1 Å². The molecule has 0 aliphatic heterocycles. The molecule has 1 aromatic carbocycles. The lowest BCUT2D eigenvalue weighted by Crippen LogP contribution is -1.87. The Labute approximate surface area is 98.7 Å². The molecule has 2 aromatic rings. The molecule has 0 aliphatic carbocycles. The number of aromatic nitrogens is 3. The van der Waals surface area contributed by atoms with Gasteiger partial charge in [0.05, 0.1) is 0 Å². The number of hydrogen-bond donors (Lipinski definition) is 2. The van der Waals surface area contributed by atoms with Gasteiger partial charge in [-0.25, -0.2) is 4.98 Å². The maximum absolute atomic E-state index is 5.71. The van der Waals surface area contributed by atoms with Gasteiger partial charge in [-0.3, -0.25) is 5.10 Å². The number of nitrogen functional groups attached to an aromatic ring is 1. The van der Waals surface area contributed by atoms with Crippen molar-refractivity contribution in [2.75, 3.05) is 5.73 Å². The number of nitrogens with one attached hydrogen (secondary N) is 1. The van der Waals surface area contributed by atoms with Gasteiger partial charge in [0.2, 0.25) is 5.16 Å². The molecule has 0 aliphatic rings. The van der Waals surface area contributed by atoms with E-state index >= 15 is 0 Å². The lowest BCUT2D eigenvalue weighted by atomic mass is 10.2. The summed E-state index contributed by atoms with van der Waals surface area (Å²) in [6.07, 6.45) is 0.881. The highest BCUT2D eigenvalue weighted by Gasteiger charge is 2.02. The Morgan fingerprint density at radius 2 is 2.31 bits per heavy atom. The van der Waals surface area contributed by atoms with Crippen LogP contribution >= 0.6 is 11.8 Å². The van der Waals surface area contributed by atoms with E-state index in [1.54, 1.807) is 11.8 Å². The number of aromatic amines is 1. The van der Waals surface area contributed by atoms with Gasteiger partial charge in [0.1, 0.15) is 5.82 Å². The first-order valence-corrected chi connectivity index (χ1v) is 6.15. The Morgan fingerprint density at radius 3 is 3.00 bits per heavy atom. The van der Waals surface area contributed by atoms with Crippen LogP contribution in [0.5, 0.6) is 0 Å². The molecule has 1 heterocycles. The van der Waals surface area contributed by atoms with E-state index < -0.39 is 0 Å². The molecule has 0 radical (unpaired) electrons. The number of rotatable bonds is 4. The fourth-order valence-corrected chi connectivity index (χ4v) is 2.09. The highest BCUT2D eigenvalue weighted by atomic mass is 32.2. The van der Waals surface area contributed by atoms with Gasteiger partial charge in [-0.2, -0.15) is 0 Å². The fourth-order valence-electron chi connectivity index (χ4n) is 1.33. The SMILES string of the molecule is CCc1nc(SCc2cccc(N)c2)n[nH]1. The van der Waals surface area contributed by atoms with E-state index in [4.69, 9.17) is 5.73 Å². The van der Waals surface area contributed by atoms with Crippen LogP contribution in [0, 0.1) is 0 Å². The number of nitrogens with zero attached hydrogens (tertiary/aromatic N) is 2. The molecule has 4 nitrogen and oxygen atoms in total. The number of aryl methyl sites for hydroxylation is 1. The van der Waals surface area contributed by atoms with Gasteiger partial charge < -0.3 is 5.73 Å². The van der Waals surface area contributed by atoms with E-state index in [1.165, 1.54) is 5.56 Å². The zero-order valence-electron chi connectivity index (χ0n) is 9.10. The lowest BCUT2D eigenvalue weighted by Gasteiger charge is -1.99. The van der Waals surface area contributed by atoms with Crippen molar-refractivity contribution in [3.63, 3.8) is 0 Å². The summed E-state index contributed by atoms with van der Waals surface area (Å²) in [6.45, 7) is 2.05. The molecule has 5 heteroatoms. The zero-order chi connectivity index (χ0) is 11.4. The van der Waals surface area contributed by atoms with Crippen molar-refractivity contribution in [1.29, 1.82) is 0 Å². The zero-order valence-corrected chi connectivity index (χ0v) is 9.92. The van der Waals surface area contributed by atoms with Gasteiger partial charge in [0.15, 0.2) is 0 Å². The third-order valence-corrected chi connectivity index (χ3v) is 3.08. The molecule has 0 spiro atoms. The molecule has 84 valence electrons. The minimum atomic E-state index is 0.791. The Bertz CT molecular complexity index is 467. The summed E-state index contributed by atoms with van der Waals surface area (Å²) >= 11 is 1.61. The smallest absolute Gasteiger partial charge is 0.208 e. The average Bonchev–Trinajstić information content (AvgIpc) is 2.74. The molecule has 0 saturated heterocycles. The second kappa shape index (κ2) is 5.03. The fraction of sp³-hybridized carbons (Fsp3) is 0.273. The first-order valence-electron chi connectivity index (χ1n) is 5.16. The second-order valence-corrected chi connectivity index (χ2v) is 4.39. The molecule has 16 heavy (non-hydrogen) atoms. The normalized spacial score (nSPS) is 10.6. The molecule has 0 bridgehead atoms. The summed E-state index contributed by atoms with van der Waals surface area (Å²) in [7, 11) is 0. The lowest BCUT2D eigenvalue weighted by molar-refractivity contribution is 0.941. The number of H-pyrrole nitrogens is 1. The average molecular weight is 234 g/mol. The Hall–Kier alpha value is -1.49. The minimum Gasteiger partial charge on any atom is -0.399 e. The summed E-state index contributed by atoms with van der Waals surface area (Å²) < 4.78 is 0. The van der Waals surface area contributed by atoms with Crippen LogP contribution in [-0.2, 0) is 12.2 Å². The van der Waals surface area contributed by atoms with Gasteiger partial charge in [-0.05, 0) is 17.7 Å². The van der Waals surface area contributed by atoms with Gasteiger partial charge in [-0.1, -0.05) is 30.8 Å². The van der Waals surface area contributed by atoms with Crippen molar-refractivity contribution in [2.45, 2.75) is 24.3 Å². The van der Waals surface area contributed by atoms with Gasteiger partial charge >= 0.3 is 0 Å². The number of nitrogens with two attached hydrogens (primary N) is 1. The monoisotopic (exact) mass is 234 g/mol. The third kappa shape index (κ3) is 2.76. The molecule has 0 fully saturated rings. The maximum atomic E-state index is 5.71. The van der Waals surface area contributed by atoms with Crippen LogP contribution in [0.3, 0.4) is 0 Å². The first kappa shape index (κ1) is 11.0. The molecule has 1 aromatic heterocycles. The quantitative estimate of drug-likeness (QED) is 0.629. The molecule has 3 N–H and O–H groups in total. The minimum absolute atomic E-state index is 0.791. The topological polar surface area (TPSA) is 67.6 Å². The van der Waals surface area contributed by atoms with Crippen molar-refractivity contribution in [3.05, 3.63) is 35.7 Å². The van der Waals surface area contributed by atoms with Gasteiger partial charge in [0, 0.05) is 17.9 Å². The molecule has 0 amide bonds. The van der Waals surface area contributed by atoms with E-state index in [0.717, 1.165) is 28.8 Å². The summed E-state index contributed by atoms with van der Waals surface area (Å²) in [5.41, 5.74) is 7.69. The Kier molecular flexibility index (Phi) is 3.46. The second-order valence-electron chi connectivity index (χ2n) is 3.45. The molecule has 2 rings (SSSR count). The highest BCUT2D eigenvalue weighted by molar-refractivity contribution is 7.98. The Balaban J connectivity index is 1.96. The highest BCUT2D eigenvalue weighted by Crippen LogP contribution is 2.20. The predicted octanol–water partition coefficient (Wildman–Crippen LogP) is 2.24. The molecule has 0 unspecified atom stereocenters. The summed E-state index contributed by atoms with van der Waals surface area (Å²) in [4.78, 5) is 4.33. The van der Waals surface area contributed by atoms with Crippen molar-refractivity contribution >= 4 is 17.4 Å². The molecular weight excluding hydrogens is 220 g/mol. The number of thioether (sulfide) groups is 1. The largest absolute Gasteiger partial charge is 0.399 e. The standard InChI is InChI=1S/C11H14N4S/c1-2-10-13-11(15-14-10)16-7-8-4-3-5-9(12)6-8/h3-6H,2,7,12H2,1H3,(H,13,14,15). The molecular formula is C11H14N4S. The third-order valence-electron chi connectivity index (χ3n) is 2.17. The summed E-state index contributed by atoms with van der Waals surface area (Å²) in [6, 6.07) is 7.87. The van der Waals surface area contributed by atoms with Crippen molar-refractivity contribution in [2.24, 2.45) is 0 Å². The van der Waals surface area contributed by atoms with E-state index in [0.29, 0.717) is 0 Å². The van der Waals surface area contributed by atoms with Crippen LogP contribution < -0.4 is 5.73 Å². The first-order chi connectivity index (χ1) is 7.78. The maximum Gasteiger partial charge on any atom is 0.208 e. The van der Waals surface area contributed by atoms with Crippen molar-refractivity contribution < 1.29 is 0 Å². The van der Waals surface area contributed by atoms with E-state index in [2.05, 4.69) is 21.2 Å². The van der Waals surface area contributed by atoms with Crippen LogP contribution in [0.2, 0.25) is 0 Å². The van der Waals surface area contributed by atoms with Crippen LogP contribution in [0.15, 0.2) is 29.4 Å². The number of anilines is 1. The number of benzene rings is 1. The van der Waals surface area contributed by atoms with Crippen LogP contribution in [0.4, 0.5) is 5.69 Å². The summed E-state index contributed by atoms with van der Waals surface area (Å²) in [5.74, 6) is 1.77. The van der Waals surface area contributed by atoms with E-state index in [-0.39, 0.29) is 0 Å². The summed E-state index contributed by atoms with van der Waals surface area (Å²) in [5, 5.41) is 7.81. The molecule has 0 atom stereocenters. The van der Waals surface area contributed by atoms with Crippen molar-refractivity contribution in [1.82, 2.24) is 15.2 Å². The Morgan fingerprint density at radius 1 is 1.44 bits per heavy atom. The van der Waals surface area contributed by atoms with Crippen LogP contribution in [0.25, 0.3) is 0 Å². The predicted molar refractivity (Wildman–Crippen MR) is 66.2 cm³/mol. The molecule has 0 saturated carbocycles. The van der Waals surface area contributed by atoms with Gasteiger partial charge in [-0.15, -0.1) is 5.10 Å². The van der Waals surface area contributed by atoms with E-state index in [9.17, 15) is 0 Å². The van der Waals surface area contributed by atoms with Crippen molar-refractivity contribution in [3.8, 4) is 0 Å². The van der Waals surface area contributed by atoms with Gasteiger partial charge in [0.25, 0.3) is 0 Å².